The molecular formula is C30H44ClFO2. The van der Waals surface area contributed by atoms with Gasteiger partial charge in [-0.25, -0.2) is 4.39 Å². The van der Waals surface area contributed by atoms with Crippen molar-refractivity contribution in [3.8, 4) is 5.75 Å². The van der Waals surface area contributed by atoms with Crippen molar-refractivity contribution in [1.82, 2.24) is 0 Å². The van der Waals surface area contributed by atoms with E-state index < -0.39 is 5.82 Å². The largest absolute Gasteiger partial charge is 0.426 e. The smallest absolute Gasteiger partial charge is 0.314 e. The van der Waals surface area contributed by atoms with Gasteiger partial charge in [-0.05, 0) is 80.2 Å². The first-order chi connectivity index (χ1) is 16.5. The van der Waals surface area contributed by atoms with Gasteiger partial charge in [0.25, 0.3) is 0 Å². The topological polar surface area (TPSA) is 26.3 Å². The minimum Gasteiger partial charge on any atom is -0.426 e. The van der Waals surface area contributed by atoms with Crippen LogP contribution in [0.2, 0.25) is 5.02 Å². The molecule has 3 fully saturated rings. The lowest BCUT2D eigenvalue weighted by Crippen LogP contribution is -2.40. The second-order valence-corrected chi connectivity index (χ2v) is 11.9. The molecule has 1 aromatic carbocycles. The predicted octanol–water partition coefficient (Wildman–Crippen LogP) is 9.38. The van der Waals surface area contributed by atoms with Crippen molar-refractivity contribution in [3.63, 3.8) is 0 Å². The molecule has 1 aromatic rings. The number of esters is 1. The number of fused-ring (bicyclic) bond motifs is 1. The third-order valence-electron chi connectivity index (χ3n) is 9.37. The van der Waals surface area contributed by atoms with E-state index in [-0.39, 0.29) is 22.7 Å². The predicted molar refractivity (Wildman–Crippen MR) is 138 cm³/mol. The van der Waals surface area contributed by atoms with Gasteiger partial charge in [0, 0.05) is 6.07 Å². The van der Waals surface area contributed by atoms with Crippen LogP contribution in [-0.4, -0.2) is 5.97 Å². The molecule has 2 nitrogen and oxygen atoms in total. The molecule has 3 aliphatic carbocycles. The number of hydrogen-bond acceptors (Lipinski definition) is 2. The van der Waals surface area contributed by atoms with E-state index in [1.807, 2.05) is 0 Å². The minimum absolute atomic E-state index is 0.0399. The maximum Gasteiger partial charge on any atom is 0.314 e. The van der Waals surface area contributed by atoms with Crippen LogP contribution in [0.1, 0.15) is 110 Å². The Morgan fingerprint density at radius 2 is 1.71 bits per heavy atom. The molecule has 0 saturated heterocycles. The van der Waals surface area contributed by atoms with Crippen molar-refractivity contribution >= 4 is 17.6 Å². The van der Waals surface area contributed by atoms with E-state index in [2.05, 4.69) is 6.92 Å². The number of hydrogen-bond donors (Lipinski definition) is 0. The lowest BCUT2D eigenvalue weighted by Gasteiger charge is -2.46. The molecule has 0 spiro atoms. The zero-order chi connectivity index (χ0) is 23.9. The highest BCUT2D eigenvalue weighted by molar-refractivity contribution is 6.30. The number of rotatable bonds is 9. The second kappa shape index (κ2) is 12.7. The molecule has 0 amide bonds. The summed E-state index contributed by atoms with van der Waals surface area (Å²) in [4.78, 5) is 13.0. The lowest BCUT2D eigenvalue weighted by molar-refractivity contribution is -0.144. The zero-order valence-electron chi connectivity index (χ0n) is 21.1. The van der Waals surface area contributed by atoms with Gasteiger partial charge < -0.3 is 4.74 Å². The van der Waals surface area contributed by atoms with Crippen LogP contribution in [0.3, 0.4) is 0 Å². The van der Waals surface area contributed by atoms with Crippen molar-refractivity contribution in [2.75, 3.05) is 0 Å². The number of halogens is 2. The highest BCUT2D eigenvalue weighted by Crippen LogP contribution is 2.50. The Morgan fingerprint density at radius 1 is 0.941 bits per heavy atom. The van der Waals surface area contributed by atoms with Crippen LogP contribution < -0.4 is 4.74 Å². The van der Waals surface area contributed by atoms with Gasteiger partial charge in [-0.15, -0.1) is 0 Å². The summed E-state index contributed by atoms with van der Waals surface area (Å²) in [5, 5.41) is 0.0526. The fourth-order valence-electron chi connectivity index (χ4n) is 7.44. The molecule has 3 saturated carbocycles. The quantitative estimate of drug-likeness (QED) is 0.196. The summed E-state index contributed by atoms with van der Waals surface area (Å²) in [5.41, 5.74) is 0. The van der Waals surface area contributed by atoms with E-state index in [0.29, 0.717) is 11.8 Å². The molecule has 0 aliphatic heterocycles. The van der Waals surface area contributed by atoms with Crippen LogP contribution in [0.25, 0.3) is 0 Å². The summed E-state index contributed by atoms with van der Waals surface area (Å²) in [6, 6.07) is 4.26. The molecule has 190 valence electrons. The molecule has 34 heavy (non-hydrogen) atoms. The van der Waals surface area contributed by atoms with Crippen molar-refractivity contribution in [1.29, 1.82) is 0 Å². The van der Waals surface area contributed by atoms with E-state index in [4.69, 9.17) is 16.3 Å². The molecule has 0 aromatic heterocycles. The first-order valence-corrected chi connectivity index (χ1v) is 14.6. The molecule has 0 bridgehead atoms. The summed E-state index contributed by atoms with van der Waals surface area (Å²) >= 11 is 5.77. The molecule has 0 heterocycles. The number of ether oxygens (including phenoxy) is 1. The van der Waals surface area contributed by atoms with Gasteiger partial charge in [0.1, 0.15) is 11.6 Å². The van der Waals surface area contributed by atoms with E-state index in [1.54, 1.807) is 6.07 Å². The van der Waals surface area contributed by atoms with E-state index in [9.17, 15) is 9.18 Å². The molecular weight excluding hydrogens is 447 g/mol. The van der Waals surface area contributed by atoms with Gasteiger partial charge in [-0.2, -0.15) is 0 Å². The Hall–Kier alpha value is -1.09. The van der Waals surface area contributed by atoms with Gasteiger partial charge in [-0.1, -0.05) is 82.7 Å². The molecule has 4 unspecified atom stereocenters. The fraction of sp³-hybridized carbons (Fsp3) is 0.767. The number of carbonyl (C=O) groups excluding carboxylic acids is 1. The normalized spacial score (nSPS) is 31.6. The summed E-state index contributed by atoms with van der Waals surface area (Å²) < 4.78 is 19.4. The highest BCUT2D eigenvalue weighted by Gasteiger charge is 2.43. The third-order valence-corrected chi connectivity index (χ3v) is 9.68. The SMILES string of the molecule is CCCCCCCC1CCC(C2CCC3C(CCCC3C(=O)Oc3ccc(Cl)c(F)c3)C2)CC1. The highest BCUT2D eigenvalue weighted by atomic mass is 35.5. The van der Waals surface area contributed by atoms with Crippen LogP contribution in [-0.2, 0) is 4.79 Å². The average molecular weight is 491 g/mol. The van der Waals surface area contributed by atoms with Crippen LogP contribution in [0.15, 0.2) is 18.2 Å². The Kier molecular flexibility index (Phi) is 9.74. The van der Waals surface area contributed by atoms with Gasteiger partial charge in [0.2, 0.25) is 0 Å². The summed E-state index contributed by atoms with van der Waals surface area (Å²) in [5.74, 6) is 3.34. The van der Waals surface area contributed by atoms with Crippen molar-refractivity contribution in [2.45, 2.75) is 110 Å². The summed E-state index contributed by atoms with van der Waals surface area (Å²) in [7, 11) is 0. The Bertz CT molecular complexity index is 788. The fourth-order valence-corrected chi connectivity index (χ4v) is 7.55. The van der Waals surface area contributed by atoms with E-state index in [1.165, 1.54) is 95.6 Å². The monoisotopic (exact) mass is 490 g/mol. The first-order valence-electron chi connectivity index (χ1n) is 14.2. The van der Waals surface area contributed by atoms with Gasteiger partial charge in [-0.3, -0.25) is 4.79 Å². The zero-order valence-corrected chi connectivity index (χ0v) is 21.8. The maximum atomic E-state index is 13.8. The van der Waals surface area contributed by atoms with Crippen molar-refractivity contribution in [3.05, 3.63) is 29.0 Å². The Labute approximate surface area is 211 Å². The van der Waals surface area contributed by atoms with Crippen LogP contribution in [0.4, 0.5) is 4.39 Å². The van der Waals surface area contributed by atoms with Crippen molar-refractivity contribution in [2.24, 2.45) is 35.5 Å². The minimum atomic E-state index is -0.541. The van der Waals surface area contributed by atoms with Gasteiger partial charge in [0.15, 0.2) is 0 Å². The number of carbonyl (C=O) groups is 1. The number of unbranched alkanes of at least 4 members (excludes halogenated alkanes) is 4. The van der Waals surface area contributed by atoms with E-state index >= 15 is 0 Å². The Balaban J connectivity index is 1.23. The molecule has 4 rings (SSSR count). The third kappa shape index (κ3) is 6.77. The lowest BCUT2D eigenvalue weighted by atomic mass is 9.59. The van der Waals surface area contributed by atoms with Gasteiger partial charge in [0.05, 0.1) is 10.9 Å². The standard InChI is InChI=1S/C30H44ClFO2/c1-2-3-4-5-6-8-21-11-13-22(14-12-21)23-15-17-26-24(19-23)9-7-10-27(26)30(33)34-25-16-18-28(31)29(32)20-25/h16,18,20-24,26-27H,2-15,17,19H2,1H3. The van der Waals surface area contributed by atoms with Crippen LogP contribution >= 0.6 is 11.6 Å². The summed E-state index contributed by atoms with van der Waals surface area (Å²) in [6.07, 6.45) is 21.2. The van der Waals surface area contributed by atoms with Crippen LogP contribution in [0.5, 0.6) is 5.75 Å². The average Bonchev–Trinajstić information content (AvgIpc) is 2.86. The molecule has 4 heteroatoms. The second-order valence-electron chi connectivity index (χ2n) is 11.5. The molecule has 0 radical (unpaired) electrons. The molecule has 3 aliphatic rings. The molecule has 4 atom stereocenters. The maximum absolute atomic E-state index is 13.8. The van der Waals surface area contributed by atoms with Crippen LogP contribution in [0, 0.1) is 41.3 Å². The Morgan fingerprint density at radius 3 is 2.47 bits per heavy atom. The van der Waals surface area contributed by atoms with E-state index in [0.717, 1.165) is 37.0 Å². The summed E-state index contributed by atoms with van der Waals surface area (Å²) in [6.45, 7) is 2.29. The van der Waals surface area contributed by atoms with Gasteiger partial charge >= 0.3 is 5.97 Å². The first kappa shape index (κ1) is 26.0. The molecule has 0 N–H and O–H groups in total. The van der Waals surface area contributed by atoms with Crippen molar-refractivity contribution < 1.29 is 13.9 Å². The number of benzene rings is 1.